The molecule has 0 unspecified atom stereocenters. The molecule has 0 aliphatic carbocycles. The van der Waals surface area contributed by atoms with Crippen LogP contribution in [0.25, 0.3) is 11.4 Å². The van der Waals surface area contributed by atoms with E-state index < -0.39 is 11.7 Å². The highest BCUT2D eigenvalue weighted by atomic mass is 19.4. The van der Waals surface area contributed by atoms with Crippen molar-refractivity contribution in [1.82, 2.24) is 20.4 Å². The Morgan fingerprint density at radius 1 is 1.32 bits per heavy atom. The van der Waals surface area contributed by atoms with Gasteiger partial charge in [-0.05, 0) is 25.0 Å². The number of halogens is 3. The van der Waals surface area contributed by atoms with Crippen LogP contribution in [-0.4, -0.2) is 40.1 Å². The molecule has 0 radical (unpaired) electrons. The average Bonchev–Trinajstić information content (AvgIpc) is 3.11. The highest BCUT2D eigenvalue weighted by Crippen LogP contribution is 2.31. The molecule has 1 amide bonds. The van der Waals surface area contributed by atoms with Gasteiger partial charge in [0, 0.05) is 30.6 Å². The molecule has 3 rings (SSSR count). The quantitative estimate of drug-likeness (QED) is 0.838. The Balaban J connectivity index is 1.57. The highest BCUT2D eigenvalue weighted by Gasteiger charge is 2.31. The summed E-state index contributed by atoms with van der Waals surface area (Å²) in [5.74, 6) is 0.518. The predicted octanol–water partition coefficient (Wildman–Crippen LogP) is 3.49. The summed E-state index contributed by atoms with van der Waals surface area (Å²) in [5, 5.41) is 6.85. The first-order chi connectivity index (χ1) is 13.2. The number of rotatable bonds is 5. The van der Waals surface area contributed by atoms with Gasteiger partial charge < -0.3 is 9.84 Å². The van der Waals surface area contributed by atoms with Crippen LogP contribution in [-0.2, 0) is 17.5 Å². The van der Waals surface area contributed by atoms with Crippen molar-refractivity contribution in [2.45, 2.75) is 45.5 Å². The minimum absolute atomic E-state index is 0.0364. The largest absolute Gasteiger partial charge is 0.416 e. The maximum Gasteiger partial charge on any atom is 0.416 e. The van der Waals surface area contributed by atoms with Gasteiger partial charge in [-0.3, -0.25) is 9.69 Å². The van der Waals surface area contributed by atoms with Crippen molar-refractivity contribution in [3.63, 3.8) is 0 Å². The number of amides is 1. The zero-order chi connectivity index (χ0) is 20.3. The Labute approximate surface area is 161 Å². The van der Waals surface area contributed by atoms with E-state index in [4.69, 9.17) is 4.52 Å². The lowest BCUT2D eigenvalue weighted by Crippen LogP contribution is -2.45. The van der Waals surface area contributed by atoms with Crippen molar-refractivity contribution >= 4 is 5.91 Å². The van der Waals surface area contributed by atoms with Gasteiger partial charge in [0.1, 0.15) is 0 Å². The van der Waals surface area contributed by atoms with Crippen LogP contribution in [0.1, 0.15) is 38.1 Å². The van der Waals surface area contributed by atoms with Gasteiger partial charge in [0.2, 0.25) is 17.6 Å². The first-order valence-corrected chi connectivity index (χ1v) is 9.25. The lowest BCUT2D eigenvalue weighted by atomic mass is 10.0. The molecule has 6 nitrogen and oxygen atoms in total. The molecule has 9 heteroatoms. The molecule has 152 valence electrons. The monoisotopic (exact) mass is 396 g/mol. The van der Waals surface area contributed by atoms with Crippen molar-refractivity contribution in [3.05, 3.63) is 35.7 Å². The Morgan fingerprint density at radius 2 is 2.04 bits per heavy atom. The Hall–Kier alpha value is -2.42. The van der Waals surface area contributed by atoms with Gasteiger partial charge in [-0.1, -0.05) is 31.1 Å². The van der Waals surface area contributed by atoms with Crippen molar-refractivity contribution in [1.29, 1.82) is 0 Å². The second kappa shape index (κ2) is 8.30. The summed E-state index contributed by atoms with van der Waals surface area (Å²) >= 11 is 0. The number of alkyl halides is 3. The van der Waals surface area contributed by atoms with Crippen LogP contribution < -0.4 is 5.32 Å². The Kier molecular flexibility index (Phi) is 6.02. The second-order valence-corrected chi connectivity index (χ2v) is 7.30. The molecule has 1 aliphatic heterocycles. The lowest BCUT2D eigenvalue weighted by molar-refractivity contribution is -0.137. The molecule has 0 bridgehead atoms. The van der Waals surface area contributed by atoms with E-state index in [0.29, 0.717) is 12.4 Å². The minimum atomic E-state index is -4.42. The van der Waals surface area contributed by atoms with E-state index in [0.717, 1.165) is 38.1 Å². The maximum atomic E-state index is 12.9. The fourth-order valence-electron chi connectivity index (χ4n) is 3.07. The first kappa shape index (κ1) is 20.3. The van der Waals surface area contributed by atoms with Crippen LogP contribution in [0.15, 0.2) is 28.8 Å². The van der Waals surface area contributed by atoms with Crippen LogP contribution in [0.2, 0.25) is 0 Å². The number of benzene rings is 1. The SMILES string of the molecule is CC(C)C(=O)NC1CCN(Cc2nc(-c3cccc(C(F)(F)F)c3)no2)CC1. The van der Waals surface area contributed by atoms with Gasteiger partial charge in [-0.15, -0.1) is 0 Å². The summed E-state index contributed by atoms with van der Waals surface area (Å²) in [6, 6.07) is 5.02. The van der Waals surface area contributed by atoms with Crippen molar-refractivity contribution in [3.8, 4) is 11.4 Å². The standard InChI is InChI=1S/C19H23F3N4O2/c1-12(2)18(27)23-15-6-8-26(9-7-15)11-16-24-17(25-28-16)13-4-3-5-14(10-13)19(20,21)22/h3-5,10,12,15H,6-9,11H2,1-2H3,(H,23,27). The normalized spacial score (nSPS) is 16.5. The van der Waals surface area contributed by atoms with Crippen LogP contribution in [0, 0.1) is 5.92 Å². The molecule has 1 aromatic heterocycles. The molecular formula is C19H23F3N4O2. The van der Waals surface area contributed by atoms with Crippen molar-refractivity contribution in [2.24, 2.45) is 5.92 Å². The predicted molar refractivity (Wildman–Crippen MR) is 96.0 cm³/mol. The summed E-state index contributed by atoms with van der Waals surface area (Å²) < 4.78 is 43.8. The first-order valence-electron chi connectivity index (χ1n) is 9.25. The highest BCUT2D eigenvalue weighted by molar-refractivity contribution is 5.78. The molecule has 2 heterocycles. The molecule has 0 atom stereocenters. The van der Waals surface area contributed by atoms with E-state index in [-0.39, 0.29) is 29.3 Å². The number of carbonyl (C=O) groups excluding carboxylic acids is 1. The number of likely N-dealkylation sites (tertiary alicyclic amines) is 1. The topological polar surface area (TPSA) is 71.3 Å². The summed E-state index contributed by atoms with van der Waals surface area (Å²) in [4.78, 5) is 18.1. The molecule has 1 N–H and O–H groups in total. The fraction of sp³-hybridized carbons (Fsp3) is 0.526. The zero-order valence-corrected chi connectivity index (χ0v) is 15.8. The van der Waals surface area contributed by atoms with Gasteiger partial charge in [0.15, 0.2) is 0 Å². The number of piperidine rings is 1. The minimum Gasteiger partial charge on any atom is -0.353 e. The molecule has 1 saturated heterocycles. The van der Waals surface area contributed by atoms with Crippen LogP contribution >= 0.6 is 0 Å². The van der Waals surface area contributed by atoms with Gasteiger partial charge in [-0.2, -0.15) is 18.2 Å². The number of aromatic nitrogens is 2. The van der Waals surface area contributed by atoms with Crippen molar-refractivity contribution < 1.29 is 22.5 Å². The second-order valence-electron chi connectivity index (χ2n) is 7.30. The summed E-state index contributed by atoms with van der Waals surface area (Å²) in [7, 11) is 0. The molecule has 0 spiro atoms. The van der Waals surface area contributed by atoms with Crippen LogP contribution in [0.3, 0.4) is 0 Å². The van der Waals surface area contributed by atoms with E-state index in [9.17, 15) is 18.0 Å². The third kappa shape index (κ3) is 5.09. The van der Waals surface area contributed by atoms with Gasteiger partial charge in [0.05, 0.1) is 12.1 Å². The molecular weight excluding hydrogens is 373 g/mol. The van der Waals surface area contributed by atoms with Crippen LogP contribution in [0.4, 0.5) is 13.2 Å². The summed E-state index contributed by atoms with van der Waals surface area (Å²) in [6.45, 7) is 5.69. The fourth-order valence-corrected chi connectivity index (χ4v) is 3.07. The van der Waals surface area contributed by atoms with Gasteiger partial charge >= 0.3 is 6.18 Å². The van der Waals surface area contributed by atoms with Gasteiger partial charge in [0.25, 0.3) is 0 Å². The summed E-state index contributed by atoms with van der Waals surface area (Å²) in [5.41, 5.74) is -0.484. The van der Waals surface area contributed by atoms with Crippen LogP contribution in [0.5, 0.6) is 0 Å². The maximum absolute atomic E-state index is 12.9. The Morgan fingerprint density at radius 3 is 2.68 bits per heavy atom. The van der Waals surface area contributed by atoms with Crippen molar-refractivity contribution in [2.75, 3.05) is 13.1 Å². The zero-order valence-electron chi connectivity index (χ0n) is 15.8. The molecule has 1 aromatic carbocycles. The molecule has 1 fully saturated rings. The third-order valence-corrected chi connectivity index (χ3v) is 4.73. The van der Waals surface area contributed by atoms with Gasteiger partial charge in [-0.25, -0.2) is 0 Å². The van der Waals surface area contributed by atoms with E-state index in [1.165, 1.54) is 12.1 Å². The Bertz CT molecular complexity index is 812. The molecule has 0 saturated carbocycles. The van der Waals surface area contributed by atoms with E-state index in [1.807, 2.05) is 13.8 Å². The third-order valence-electron chi connectivity index (χ3n) is 4.73. The molecule has 28 heavy (non-hydrogen) atoms. The smallest absolute Gasteiger partial charge is 0.353 e. The van der Waals surface area contributed by atoms with E-state index in [1.54, 1.807) is 0 Å². The number of carbonyl (C=O) groups is 1. The molecule has 1 aliphatic rings. The number of nitrogens with one attached hydrogen (secondary N) is 1. The number of nitrogens with zero attached hydrogens (tertiary/aromatic N) is 3. The number of hydrogen-bond acceptors (Lipinski definition) is 5. The average molecular weight is 396 g/mol. The van der Waals surface area contributed by atoms with E-state index in [2.05, 4.69) is 20.4 Å². The van der Waals surface area contributed by atoms with E-state index >= 15 is 0 Å². The molecule has 2 aromatic rings. The number of hydrogen-bond donors (Lipinski definition) is 1. The lowest BCUT2D eigenvalue weighted by Gasteiger charge is -2.31. The summed E-state index contributed by atoms with van der Waals surface area (Å²) in [6.07, 6.45) is -2.77.